The summed E-state index contributed by atoms with van der Waals surface area (Å²) in [7, 11) is -2.80. The Morgan fingerprint density at radius 3 is 2.21 bits per heavy atom. The average Bonchev–Trinajstić information content (AvgIpc) is 2.95. The maximum Gasteiger partial charge on any atom is 0.264 e. The monoisotopic (exact) mass is 633 g/mol. The summed E-state index contributed by atoms with van der Waals surface area (Å²) >= 11 is 12.6. The molecular weight excluding hydrogens is 597 g/mol. The molecule has 3 aromatic carbocycles. The van der Waals surface area contributed by atoms with E-state index in [4.69, 9.17) is 27.9 Å². The van der Waals surface area contributed by atoms with Gasteiger partial charge in [0.05, 0.1) is 17.7 Å². The second-order valence-corrected chi connectivity index (χ2v) is 12.7. The molecule has 2 amide bonds. The normalized spacial score (nSPS) is 12.0. The summed E-state index contributed by atoms with van der Waals surface area (Å²) in [4.78, 5) is 28.9. The first-order valence-corrected chi connectivity index (χ1v) is 15.9. The Labute approximate surface area is 258 Å². The van der Waals surface area contributed by atoms with Crippen LogP contribution < -0.4 is 14.4 Å². The summed E-state index contributed by atoms with van der Waals surface area (Å²) in [5.41, 5.74) is 2.44. The molecule has 0 unspecified atom stereocenters. The molecule has 0 aliphatic heterocycles. The number of hydrogen-bond donors (Lipinski definition) is 1. The third-order valence-corrected chi connectivity index (χ3v) is 9.14. The number of rotatable bonds is 13. The van der Waals surface area contributed by atoms with Gasteiger partial charge in [-0.3, -0.25) is 13.9 Å². The Balaban J connectivity index is 2.14. The van der Waals surface area contributed by atoms with Gasteiger partial charge in [0.25, 0.3) is 10.0 Å². The fraction of sp³-hybridized carbons (Fsp3) is 0.355. The Morgan fingerprint density at radius 2 is 1.62 bits per heavy atom. The van der Waals surface area contributed by atoms with E-state index in [1.807, 2.05) is 20.8 Å². The first kappa shape index (κ1) is 33.2. The number of aryl methyl sites for hydroxylation is 2. The molecule has 0 heterocycles. The zero-order valence-electron chi connectivity index (χ0n) is 24.5. The van der Waals surface area contributed by atoms with Crippen LogP contribution in [0.25, 0.3) is 0 Å². The number of carbonyl (C=O) groups excluding carboxylic acids is 2. The van der Waals surface area contributed by atoms with Crippen LogP contribution in [-0.4, -0.2) is 51.4 Å². The maximum absolute atomic E-state index is 14.2. The zero-order valence-corrected chi connectivity index (χ0v) is 26.8. The molecule has 226 valence electrons. The number of nitrogens with zero attached hydrogens (tertiary/aromatic N) is 2. The average molecular weight is 635 g/mol. The Morgan fingerprint density at radius 1 is 0.952 bits per heavy atom. The fourth-order valence-electron chi connectivity index (χ4n) is 4.46. The molecule has 42 heavy (non-hydrogen) atoms. The second kappa shape index (κ2) is 14.8. The minimum atomic E-state index is -4.24. The van der Waals surface area contributed by atoms with Gasteiger partial charge in [-0.25, -0.2) is 8.42 Å². The van der Waals surface area contributed by atoms with Crippen LogP contribution in [0.2, 0.25) is 10.0 Å². The molecule has 3 rings (SSSR count). The summed E-state index contributed by atoms with van der Waals surface area (Å²) in [6.45, 7) is 7.23. The molecule has 0 bridgehead atoms. The topological polar surface area (TPSA) is 96.0 Å². The van der Waals surface area contributed by atoms with Gasteiger partial charge in [0.2, 0.25) is 11.8 Å². The highest BCUT2D eigenvalue weighted by Gasteiger charge is 2.35. The molecule has 0 fully saturated rings. The molecule has 3 aromatic rings. The molecule has 0 aliphatic rings. The van der Waals surface area contributed by atoms with Crippen molar-refractivity contribution in [1.82, 2.24) is 10.2 Å². The third-order valence-electron chi connectivity index (χ3n) is 6.78. The van der Waals surface area contributed by atoms with Gasteiger partial charge in [0.15, 0.2) is 0 Å². The highest BCUT2D eigenvalue weighted by Crippen LogP contribution is 2.34. The van der Waals surface area contributed by atoms with Gasteiger partial charge in [0.1, 0.15) is 18.3 Å². The van der Waals surface area contributed by atoms with Crippen molar-refractivity contribution in [2.24, 2.45) is 0 Å². The molecule has 8 nitrogen and oxygen atoms in total. The van der Waals surface area contributed by atoms with Crippen LogP contribution in [-0.2, 0) is 26.2 Å². The molecule has 0 aliphatic carbocycles. The van der Waals surface area contributed by atoms with E-state index in [-0.39, 0.29) is 28.8 Å². The summed E-state index contributed by atoms with van der Waals surface area (Å²) in [5.74, 6) is -0.637. The summed E-state index contributed by atoms with van der Waals surface area (Å²) in [6.07, 6.45) is 1.01. The molecular formula is C31H37Cl2N3O5S. The minimum absolute atomic E-state index is 0.0180. The van der Waals surface area contributed by atoms with E-state index in [9.17, 15) is 18.0 Å². The van der Waals surface area contributed by atoms with Gasteiger partial charge in [-0.1, -0.05) is 66.9 Å². The van der Waals surface area contributed by atoms with Crippen LogP contribution in [0.4, 0.5) is 5.69 Å². The van der Waals surface area contributed by atoms with E-state index in [0.717, 1.165) is 21.9 Å². The number of carbonyl (C=O) groups is 2. The number of sulfonamides is 1. The van der Waals surface area contributed by atoms with E-state index >= 15 is 0 Å². The Kier molecular flexibility index (Phi) is 11.7. The quantitative estimate of drug-likeness (QED) is 0.244. The van der Waals surface area contributed by atoms with Crippen molar-refractivity contribution >= 4 is 50.7 Å². The van der Waals surface area contributed by atoms with Gasteiger partial charge >= 0.3 is 0 Å². The lowest BCUT2D eigenvalue weighted by atomic mass is 10.1. The summed E-state index contributed by atoms with van der Waals surface area (Å²) in [6, 6.07) is 15.5. The first-order valence-electron chi connectivity index (χ1n) is 13.7. The van der Waals surface area contributed by atoms with Crippen LogP contribution >= 0.6 is 23.2 Å². The summed E-state index contributed by atoms with van der Waals surface area (Å²) < 4.78 is 34.8. The molecule has 0 aromatic heterocycles. The van der Waals surface area contributed by atoms with Crippen molar-refractivity contribution in [3.63, 3.8) is 0 Å². The lowest BCUT2D eigenvalue weighted by Gasteiger charge is -2.33. The number of benzene rings is 3. The molecule has 1 atom stereocenters. The van der Waals surface area contributed by atoms with Crippen LogP contribution in [0.15, 0.2) is 65.6 Å². The van der Waals surface area contributed by atoms with Gasteiger partial charge < -0.3 is 15.0 Å². The van der Waals surface area contributed by atoms with Crippen molar-refractivity contribution < 1.29 is 22.7 Å². The highest BCUT2D eigenvalue weighted by atomic mass is 35.5. The van der Waals surface area contributed by atoms with E-state index in [1.54, 1.807) is 55.5 Å². The van der Waals surface area contributed by atoms with Crippen molar-refractivity contribution in [3.8, 4) is 5.75 Å². The van der Waals surface area contributed by atoms with Gasteiger partial charge in [-0.15, -0.1) is 0 Å². The van der Waals surface area contributed by atoms with Gasteiger partial charge in [0, 0.05) is 23.1 Å². The number of methoxy groups -OCH3 is 1. The minimum Gasteiger partial charge on any atom is -0.495 e. The largest absolute Gasteiger partial charge is 0.495 e. The van der Waals surface area contributed by atoms with Crippen LogP contribution in [0.5, 0.6) is 5.75 Å². The highest BCUT2D eigenvalue weighted by molar-refractivity contribution is 7.92. The van der Waals surface area contributed by atoms with E-state index in [0.29, 0.717) is 28.6 Å². The molecule has 0 spiro atoms. The van der Waals surface area contributed by atoms with Gasteiger partial charge in [-0.05, 0) is 74.2 Å². The smallest absolute Gasteiger partial charge is 0.264 e. The number of hydrogen-bond acceptors (Lipinski definition) is 5. The standard InChI is InChI=1S/C31H37Cl2N3O5S/c1-6-16-34-31(38)27(7-2)35(19-23-11-12-24(32)18-26(23)33)30(37)20-36(28-17-22(4)10-15-29(28)41-5)42(39,40)25-13-8-21(3)9-14-25/h8-15,17-18,27H,6-7,16,19-20H2,1-5H3,(H,34,38)/t27-/m1/s1. The fourth-order valence-corrected chi connectivity index (χ4v) is 6.35. The number of amides is 2. The summed E-state index contributed by atoms with van der Waals surface area (Å²) in [5, 5.41) is 3.62. The number of ether oxygens (including phenoxy) is 1. The molecule has 0 radical (unpaired) electrons. The van der Waals surface area contributed by atoms with Crippen molar-refractivity contribution in [1.29, 1.82) is 0 Å². The third kappa shape index (κ3) is 7.96. The molecule has 0 saturated heterocycles. The number of nitrogens with one attached hydrogen (secondary N) is 1. The predicted molar refractivity (Wildman–Crippen MR) is 168 cm³/mol. The van der Waals surface area contributed by atoms with E-state index < -0.39 is 28.5 Å². The van der Waals surface area contributed by atoms with Gasteiger partial charge in [-0.2, -0.15) is 0 Å². The number of halogens is 2. The van der Waals surface area contributed by atoms with Crippen LogP contribution in [0.1, 0.15) is 43.4 Å². The van der Waals surface area contributed by atoms with Crippen molar-refractivity contribution in [3.05, 3.63) is 87.4 Å². The Bertz CT molecular complexity index is 1510. The SMILES string of the molecule is CCCNC(=O)[C@@H](CC)N(Cc1ccc(Cl)cc1Cl)C(=O)CN(c1cc(C)ccc1OC)S(=O)(=O)c1ccc(C)cc1. The molecule has 1 N–H and O–H groups in total. The Hall–Kier alpha value is -3.27. The van der Waals surface area contributed by atoms with Crippen LogP contribution in [0.3, 0.4) is 0 Å². The maximum atomic E-state index is 14.2. The lowest BCUT2D eigenvalue weighted by molar-refractivity contribution is -0.140. The molecule has 11 heteroatoms. The van der Waals surface area contributed by atoms with E-state index in [1.165, 1.54) is 24.1 Å². The van der Waals surface area contributed by atoms with Crippen molar-refractivity contribution in [2.75, 3.05) is 24.5 Å². The predicted octanol–water partition coefficient (Wildman–Crippen LogP) is 6.15. The van der Waals surface area contributed by atoms with Crippen molar-refractivity contribution in [2.45, 2.75) is 58.0 Å². The zero-order chi connectivity index (χ0) is 31.0. The lowest BCUT2D eigenvalue weighted by Crippen LogP contribution is -2.52. The van der Waals surface area contributed by atoms with E-state index in [2.05, 4.69) is 5.32 Å². The second-order valence-electron chi connectivity index (χ2n) is 9.97. The number of anilines is 1. The molecule has 0 saturated carbocycles. The first-order chi connectivity index (χ1) is 19.9. The van der Waals surface area contributed by atoms with Crippen LogP contribution in [0, 0.1) is 13.8 Å².